The summed E-state index contributed by atoms with van der Waals surface area (Å²) in [4.78, 5) is 51.3. The van der Waals surface area contributed by atoms with E-state index in [0.29, 0.717) is 42.5 Å². The van der Waals surface area contributed by atoms with Crippen LogP contribution in [-0.4, -0.2) is 59.1 Å². The SMILES string of the molecule is O=C(NCCCN1C(=O)CCC1=O)C1CCCN1C(=O)c1cc(Cl)ccc1Cl. The second-order valence-electron chi connectivity index (χ2n) is 6.86. The highest BCUT2D eigenvalue weighted by Gasteiger charge is 2.35. The molecule has 0 aliphatic carbocycles. The first kappa shape index (κ1) is 20.6. The van der Waals surface area contributed by atoms with Crippen molar-refractivity contribution in [3.63, 3.8) is 0 Å². The largest absolute Gasteiger partial charge is 0.354 e. The van der Waals surface area contributed by atoms with E-state index in [4.69, 9.17) is 23.2 Å². The summed E-state index contributed by atoms with van der Waals surface area (Å²) >= 11 is 12.1. The Morgan fingerprint density at radius 2 is 1.86 bits per heavy atom. The smallest absolute Gasteiger partial charge is 0.256 e. The van der Waals surface area contributed by atoms with E-state index in [0.717, 1.165) is 6.42 Å². The summed E-state index contributed by atoms with van der Waals surface area (Å²) in [5, 5.41) is 3.49. The molecule has 2 saturated heterocycles. The number of benzene rings is 1. The molecule has 28 heavy (non-hydrogen) atoms. The van der Waals surface area contributed by atoms with Crippen LogP contribution in [0.25, 0.3) is 0 Å². The predicted molar refractivity (Wildman–Crippen MR) is 104 cm³/mol. The third-order valence-electron chi connectivity index (χ3n) is 4.99. The van der Waals surface area contributed by atoms with Crippen LogP contribution < -0.4 is 5.32 Å². The van der Waals surface area contributed by atoms with E-state index in [-0.39, 0.29) is 42.0 Å². The summed E-state index contributed by atoms with van der Waals surface area (Å²) in [6, 6.07) is 4.09. The van der Waals surface area contributed by atoms with Crippen LogP contribution in [0.4, 0.5) is 0 Å². The molecule has 1 N–H and O–H groups in total. The maximum atomic E-state index is 12.8. The van der Waals surface area contributed by atoms with Gasteiger partial charge in [-0.3, -0.25) is 24.1 Å². The molecule has 2 heterocycles. The molecule has 3 rings (SSSR count). The van der Waals surface area contributed by atoms with E-state index in [9.17, 15) is 19.2 Å². The second kappa shape index (κ2) is 8.92. The molecule has 0 aromatic heterocycles. The molecule has 2 aliphatic heterocycles. The van der Waals surface area contributed by atoms with Gasteiger partial charge in [-0.15, -0.1) is 0 Å². The number of hydrogen-bond donors (Lipinski definition) is 1. The fourth-order valence-corrected chi connectivity index (χ4v) is 3.91. The van der Waals surface area contributed by atoms with Gasteiger partial charge in [0.15, 0.2) is 0 Å². The van der Waals surface area contributed by atoms with Gasteiger partial charge < -0.3 is 10.2 Å². The number of rotatable bonds is 6. The molecule has 7 nitrogen and oxygen atoms in total. The summed E-state index contributed by atoms with van der Waals surface area (Å²) in [5.74, 6) is -0.897. The Balaban J connectivity index is 1.54. The summed E-state index contributed by atoms with van der Waals surface area (Å²) in [6.07, 6.45) is 2.29. The Labute approximate surface area is 172 Å². The highest BCUT2D eigenvalue weighted by atomic mass is 35.5. The van der Waals surface area contributed by atoms with Gasteiger partial charge >= 0.3 is 0 Å². The van der Waals surface area contributed by atoms with Crippen LogP contribution in [0.15, 0.2) is 18.2 Å². The first-order valence-electron chi connectivity index (χ1n) is 9.25. The maximum absolute atomic E-state index is 12.8. The number of carbonyl (C=O) groups excluding carboxylic acids is 4. The minimum Gasteiger partial charge on any atom is -0.354 e. The van der Waals surface area contributed by atoms with Gasteiger partial charge in [-0.2, -0.15) is 0 Å². The average Bonchev–Trinajstić information content (AvgIpc) is 3.28. The zero-order chi connectivity index (χ0) is 20.3. The van der Waals surface area contributed by atoms with Crippen LogP contribution in [0.1, 0.15) is 42.5 Å². The molecule has 2 fully saturated rings. The number of halogens is 2. The highest BCUT2D eigenvalue weighted by molar-refractivity contribution is 6.35. The molecule has 150 valence electrons. The molecule has 0 radical (unpaired) electrons. The second-order valence-corrected chi connectivity index (χ2v) is 7.71. The molecule has 1 unspecified atom stereocenters. The number of nitrogens with zero attached hydrogens (tertiary/aromatic N) is 2. The van der Waals surface area contributed by atoms with Crippen molar-refractivity contribution in [2.75, 3.05) is 19.6 Å². The Morgan fingerprint density at radius 3 is 2.57 bits per heavy atom. The van der Waals surface area contributed by atoms with Crippen molar-refractivity contribution in [3.05, 3.63) is 33.8 Å². The molecule has 9 heteroatoms. The van der Waals surface area contributed by atoms with Gasteiger partial charge in [-0.1, -0.05) is 23.2 Å². The Bertz CT molecular complexity index is 798. The van der Waals surface area contributed by atoms with E-state index in [1.807, 2.05) is 0 Å². The third-order valence-corrected chi connectivity index (χ3v) is 5.55. The van der Waals surface area contributed by atoms with Gasteiger partial charge in [-0.25, -0.2) is 0 Å². The van der Waals surface area contributed by atoms with E-state index < -0.39 is 6.04 Å². The Hall–Kier alpha value is -2.12. The van der Waals surface area contributed by atoms with Gasteiger partial charge in [0.1, 0.15) is 6.04 Å². The van der Waals surface area contributed by atoms with Gasteiger partial charge in [0, 0.05) is 37.5 Å². The summed E-state index contributed by atoms with van der Waals surface area (Å²) in [7, 11) is 0. The normalized spacial score (nSPS) is 19.4. The highest BCUT2D eigenvalue weighted by Crippen LogP contribution is 2.26. The third kappa shape index (κ3) is 4.47. The lowest BCUT2D eigenvalue weighted by Gasteiger charge is -2.24. The minimum atomic E-state index is -0.572. The lowest BCUT2D eigenvalue weighted by atomic mass is 10.1. The van der Waals surface area contributed by atoms with Crippen molar-refractivity contribution in [1.29, 1.82) is 0 Å². The first-order valence-corrected chi connectivity index (χ1v) is 10.0. The summed E-state index contributed by atoms with van der Waals surface area (Å²) in [5.41, 5.74) is 0.278. The predicted octanol–water partition coefficient (Wildman–Crippen LogP) is 2.25. The van der Waals surface area contributed by atoms with Crippen molar-refractivity contribution in [3.8, 4) is 0 Å². The van der Waals surface area contributed by atoms with E-state index in [1.54, 1.807) is 12.1 Å². The Morgan fingerprint density at radius 1 is 1.14 bits per heavy atom. The fraction of sp³-hybridized carbons (Fsp3) is 0.474. The molecule has 0 spiro atoms. The van der Waals surface area contributed by atoms with Gasteiger partial charge in [-0.05, 0) is 37.5 Å². The van der Waals surface area contributed by atoms with Crippen LogP contribution in [0.5, 0.6) is 0 Å². The number of nitrogens with one attached hydrogen (secondary N) is 1. The van der Waals surface area contributed by atoms with E-state index in [2.05, 4.69) is 5.32 Å². The zero-order valence-electron chi connectivity index (χ0n) is 15.2. The number of imide groups is 1. The summed E-state index contributed by atoms with van der Waals surface area (Å²) < 4.78 is 0. The quantitative estimate of drug-likeness (QED) is 0.559. The minimum absolute atomic E-state index is 0.165. The molecule has 4 amide bonds. The van der Waals surface area contributed by atoms with E-state index >= 15 is 0 Å². The van der Waals surface area contributed by atoms with Crippen molar-refractivity contribution < 1.29 is 19.2 Å². The monoisotopic (exact) mass is 425 g/mol. The van der Waals surface area contributed by atoms with Crippen LogP contribution in [0.3, 0.4) is 0 Å². The number of amides is 4. The molecular formula is C19H21Cl2N3O4. The van der Waals surface area contributed by atoms with Gasteiger partial charge in [0.25, 0.3) is 5.91 Å². The molecule has 0 bridgehead atoms. The van der Waals surface area contributed by atoms with Crippen LogP contribution >= 0.6 is 23.2 Å². The Kier molecular flexibility index (Phi) is 6.57. The van der Waals surface area contributed by atoms with Crippen molar-refractivity contribution in [2.45, 2.75) is 38.1 Å². The van der Waals surface area contributed by atoms with Crippen molar-refractivity contribution in [1.82, 2.24) is 15.1 Å². The van der Waals surface area contributed by atoms with Crippen LogP contribution in [-0.2, 0) is 14.4 Å². The molecule has 1 aromatic rings. The van der Waals surface area contributed by atoms with Crippen molar-refractivity contribution in [2.24, 2.45) is 0 Å². The zero-order valence-corrected chi connectivity index (χ0v) is 16.8. The first-order chi connectivity index (χ1) is 13.4. The van der Waals surface area contributed by atoms with E-state index in [1.165, 1.54) is 15.9 Å². The fourth-order valence-electron chi connectivity index (χ4n) is 3.54. The lowest BCUT2D eigenvalue weighted by Crippen LogP contribution is -2.46. The van der Waals surface area contributed by atoms with Crippen molar-refractivity contribution >= 4 is 46.8 Å². The van der Waals surface area contributed by atoms with Gasteiger partial charge in [0.2, 0.25) is 17.7 Å². The lowest BCUT2D eigenvalue weighted by molar-refractivity contribution is -0.138. The molecular weight excluding hydrogens is 405 g/mol. The molecule has 0 saturated carbocycles. The average molecular weight is 426 g/mol. The topological polar surface area (TPSA) is 86.8 Å². The standard InChI is InChI=1S/C19H21Cl2N3O4/c20-12-4-5-14(21)13(11-12)19(28)23-9-1-3-15(23)18(27)22-8-2-10-24-16(25)6-7-17(24)26/h4-5,11,15H,1-3,6-10H2,(H,22,27). The molecule has 1 atom stereocenters. The van der Waals surface area contributed by atoms with Crippen LogP contribution in [0, 0.1) is 0 Å². The number of carbonyl (C=O) groups is 4. The van der Waals surface area contributed by atoms with Crippen LogP contribution in [0.2, 0.25) is 10.0 Å². The van der Waals surface area contributed by atoms with Gasteiger partial charge in [0.05, 0.1) is 10.6 Å². The molecule has 1 aromatic carbocycles. The number of likely N-dealkylation sites (tertiary alicyclic amines) is 2. The summed E-state index contributed by atoms with van der Waals surface area (Å²) in [6.45, 7) is 1.09. The number of hydrogen-bond acceptors (Lipinski definition) is 4. The molecule has 2 aliphatic rings. The maximum Gasteiger partial charge on any atom is 0.256 e.